The third-order valence-corrected chi connectivity index (χ3v) is 8.35. The maximum atomic E-state index is 2.49. The van der Waals surface area contributed by atoms with Crippen molar-refractivity contribution >= 4 is 0 Å². The number of quaternary nitrogens is 2. The first-order valence-electron chi connectivity index (χ1n) is 13.1. The van der Waals surface area contributed by atoms with Crippen molar-refractivity contribution in [2.45, 2.75) is 128 Å². The number of unbranched alkanes of at least 4 members (excludes halogenated alkanes) is 7. The van der Waals surface area contributed by atoms with Crippen LogP contribution in [0.1, 0.15) is 116 Å². The molecule has 0 aromatic carbocycles. The minimum absolute atomic E-state index is 0.949. The van der Waals surface area contributed by atoms with Gasteiger partial charge in [-0.3, -0.25) is 0 Å². The van der Waals surface area contributed by atoms with Gasteiger partial charge in [0.25, 0.3) is 0 Å². The Morgan fingerprint density at radius 3 is 1.04 bits per heavy atom. The average molecular weight is 395 g/mol. The normalized spacial score (nSPS) is 20.6. The second kappa shape index (κ2) is 12.6. The van der Waals surface area contributed by atoms with Gasteiger partial charge in [0.15, 0.2) is 0 Å². The third-order valence-electron chi connectivity index (χ3n) is 8.35. The van der Waals surface area contributed by atoms with Crippen molar-refractivity contribution in [1.82, 2.24) is 0 Å². The molecule has 2 fully saturated rings. The lowest BCUT2D eigenvalue weighted by Gasteiger charge is -2.40. The standard InChI is InChI=1S/C26H54N2/c1-27(2,25-19-13-11-14-20-25)23-17-9-7-5-6-8-10-18-24-28(3,4)26-21-15-12-16-22-26/h25-26H,5-24H2,1-4H3/q+2. The zero-order valence-corrected chi connectivity index (χ0v) is 20.2. The van der Waals surface area contributed by atoms with Gasteiger partial charge in [-0.1, -0.05) is 38.5 Å². The average Bonchev–Trinajstić information content (AvgIpc) is 2.70. The molecule has 0 aromatic rings. The van der Waals surface area contributed by atoms with Crippen LogP contribution in [0.15, 0.2) is 0 Å². The fourth-order valence-corrected chi connectivity index (χ4v) is 6.02. The summed E-state index contributed by atoms with van der Waals surface area (Å²) in [6, 6.07) is 1.90. The van der Waals surface area contributed by atoms with Gasteiger partial charge in [0, 0.05) is 0 Å². The van der Waals surface area contributed by atoms with Gasteiger partial charge < -0.3 is 8.97 Å². The molecule has 0 aliphatic heterocycles. The predicted molar refractivity (Wildman–Crippen MR) is 125 cm³/mol. The molecule has 2 saturated carbocycles. The Hall–Kier alpha value is -0.0800. The topological polar surface area (TPSA) is 0 Å². The molecule has 0 bridgehead atoms. The summed E-state index contributed by atoms with van der Waals surface area (Å²) in [4.78, 5) is 0. The smallest absolute Gasteiger partial charge is 0.0886 e. The molecule has 2 aliphatic carbocycles. The molecular formula is C26H54N2+2. The molecule has 0 radical (unpaired) electrons. The largest absolute Gasteiger partial charge is 0.326 e. The van der Waals surface area contributed by atoms with Crippen molar-refractivity contribution in [3.63, 3.8) is 0 Å². The molecule has 0 aromatic heterocycles. The predicted octanol–water partition coefficient (Wildman–Crippen LogP) is 6.93. The lowest BCUT2D eigenvalue weighted by Crippen LogP contribution is -2.50. The van der Waals surface area contributed by atoms with Gasteiger partial charge >= 0.3 is 0 Å². The molecule has 0 heterocycles. The van der Waals surface area contributed by atoms with Crippen LogP contribution in [0.4, 0.5) is 0 Å². The maximum absolute atomic E-state index is 2.49. The highest BCUT2D eigenvalue weighted by Gasteiger charge is 2.29. The SMILES string of the molecule is C[N+](C)(CCCCCCCCCC[N+](C)(C)C1CCCCC1)C1CCCCC1. The Kier molecular flexibility index (Phi) is 10.9. The van der Waals surface area contributed by atoms with Gasteiger partial charge in [-0.05, 0) is 77.0 Å². The summed E-state index contributed by atoms with van der Waals surface area (Å²) in [7, 11) is 9.96. The quantitative estimate of drug-likeness (QED) is 0.235. The first kappa shape index (κ1) is 24.2. The maximum Gasteiger partial charge on any atom is 0.0886 e. The summed E-state index contributed by atoms with van der Waals surface area (Å²) >= 11 is 0. The van der Waals surface area contributed by atoms with E-state index >= 15 is 0 Å². The van der Waals surface area contributed by atoms with Crippen molar-refractivity contribution in [3.05, 3.63) is 0 Å². The Labute approximate surface area is 178 Å². The Balaban J connectivity index is 1.42. The second-order valence-electron chi connectivity index (χ2n) is 11.4. The van der Waals surface area contributed by atoms with Crippen LogP contribution in [-0.2, 0) is 0 Å². The van der Waals surface area contributed by atoms with E-state index in [0.717, 1.165) is 12.1 Å². The summed E-state index contributed by atoms with van der Waals surface area (Å²) in [6.07, 6.45) is 26.4. The van der Waals surface area contributed by atoms with Gasteiger partial charge in [-0.15, -0.1) is 0 Å². The Morgan fingerprint density at radius 2 is 0.714 bits per heavy atom. The molecule has 0 atom stereocenters. The van der Waals surface area contributed by atoms with Crippen LogP contribution in [0.2, 0.25) is 0 Å². The fraction of sp³-hybridized carbons (Fsp3) is 1.00. The van der Waals surface area contributed by atoms with E-state index in [1.165, 1.54) is 138 Å². The van der Waals surface area contributed by atoms with Crippen LogP contribution in [-0.4, -0.2) is 62.3 Å². The summed E-state index contributed by atoms with van der Waals surface area (Å²) in [5.41, 5.74) is 0. The molecule has 0 amide bonds. The molecule has 2 aliphatic rings. The second-order valence-corrected chi connectivity index (χ2v) is 11.4. The number of hydrogen-bond donors (Lipinski definition) is 0. The summed E-state index contributed by atoms with van der Waals surface area (Å²) in [5, 5.41) is 0. The van der Waals surface area contributed by atoms with E-state index in [1.54, 1.807) is 0 Å². The van der Waals surface area contributed by atoms with Gasteiger partial charge in [0.2, 0.25) is 0 Å². The molecule has 0 N–H and O–H groups in total. The van der Waals surface area contributed by atoms with E-state index in [4.69, 9.17) is 0 Å². The van der Waals surface area contributed by atoms with Gasteiger partial charge in [-0.25, -0.2) is 0 Å². The van der Waals surface area contributed by atoms with Crippen LogP contribution < -0.4 is 0 Å². The highest BCUT2D eigenvalue weighted by atomic mass is 15.3. The third kappa shape index (κ3) is 8.74. The number of rotatable bonds is 13. The van der Waals surface area contributed by atoms with Crippen LogP contribution in [0.5, 0.6) is 0 Å². The minimum atomic E-state index is 0.949. The van der Waals surface area contributed by atoms with Gasteiger partial charge in [0.1, 0.15) is 0 Å². The first-order valence-corrected chi connectivity index (χ1v) is 13.1. The van der Waals surface area contributed by atoms with Crippen molar-refractivity contribution < 1.29 is 8.97 Å². The van der Waals surface area contributed by atoms with Crippen molar-refractivity contribution in [2.75, 3.05) is 41.3 Å². The van der Waals surface area contributed by atoms with E-state index in [1.807, 2.05) is 0 Å². The molecule has 166 valence electrons. The van der Waals surface area contributed by atoms with Crippen LogP contribution >= 0.6 is 0 Å². The summed E-state index contributed by atoms with van der Waals surface area (Å²) in [5.74, 6) is 0. The van der Waals surface area contributed by atoms with Gasteiger partial charge in [0.05, 0.1) is 53.4 Å². The van der Waals surface area contributed by atoms with E-state index < -0.39 is 0 Å². The number of nitrogens with zero attached hydrogens (tertiary/aromatic N) is 2. The van der Waals surface area contributed by atoms with E-state index in [2.05, 4.69) is 28.2 Å². The van der Waals surface area contributed by atoms with E-state index in [0.29, 0.717) is 0 Å². The van der Waals surface area contributed by atoms with E-state index in [-0.39, 0.29) is 0 Å². The van der Waals surface area contributed by atoms with Crippen molar-refractivity contribution in [1.29, 1.82) is 0 Å². The van der Waals surface area contributed by atoms with Crippen molar-refractivity contribution in [3.8, 4) is 0 Å². The molecule has 2 nitrogen and oxygen atoms in total. The molecule has 2 rings (SSSR count). The molecule has 28 heavy (non-hydrogen) atoms. The number of hydrogen-bond acceptors (Lipinski definition) is 0. The Bertz CT molecular complexity index is 351. The molecule has 2 heteroatoms. The van der Waals surface area contributed by atoms with Crippen LogP contribution in [0.25, 0.3) is 0 Å². The molecule has 0 saturated heterocycles. The van der Waals surface area contributed by atoms with Crippen LogP contribution in [0, 0.1) is 0 Å². The molecular weight excluding hydrogens is 340 g/mol. The molecule has 0 spiro atoms. The minimum Gasteiger partial charge on any atom is -0.326 e. The Morgan fingerprint density at radius 1 is 0.429 bits per heavy atom. The molecule has 0 unspecified atom stereocenters. The highest BCUT2D eigenvalue weighted by Crippen LogP contribution is 2.27. The first-order chi connectivity index (χ1) is 13.4. The summed E-state index contributed by atoms with van der Waals surface area (Å²) in [6.45, 7) is 2.80. The summed E-state index contributed by atoms with van der Waals surface area (Å²) < 4.78 is 2.57. The van der Waals surface area contributed by atoms with Gasteiger partial charge in [-0.2, -0.15) is 0 Å². The van der Waals surface area contributed by atoms with Crippen LogP contribution in [0.3, 0.4) is 0 Å². The lowest BCUT2D eigenvalue weighted by atomic mass is 9.92. The van der Waals surface area contributed by atoms with E-state index in [9.17, 15) is 0 Å². The highest BCUT2D eigenvalue weighted by molar-refractivity contribution is 4.67. The zero-order chi connectivity index (χ0) is 20.3. The van der Waals surface area contributed by atoms with Crippen molar-refractivity contribution in [2.24, 2.45) is 0 Å². The lowest BCUT2D eigenvalue weighted by molar-refractivity contribution is -0.916. The zero-order valence-electron chi connectivity index (χ0n) is 20.2. The monoisotopic (exact) mass is 394 g/mol. The fourth-order valence-electron chi connectivity index (χ4n) is 6.02.